The highest BCUT2D eigenvalue weighted by molar-refractivity contribution is 8.00. The Morgan fingerprint density at radius 1 is 1.08 bits per heavy atom. The number of ether oxygens (including phenoxy) is 1. The minimum Gasteiger partial charge on any atom is -0.392 e. The van der Waals surface area contributed by atoms with Gasteiger partial charge in [-0.3, -0.25) is 0 Å². The van der Waals surface area contributed by atoms with Crippen LogP contribution in [0.15, 0.2) is 0 Å². The van der Waals surface area contributed by atoms with Crippen LogP contribution >= 0.6 is 11.8 Å². The van der Waals surface area contributed by atoms with Crippen LogP contribution in [0.5, 0.6) is 0 Å². The Bertz CT molecular complexity index is 157. The highest BCUT2D eigenvalue weighted by Gasteiger charge is 2.28. The van der Waals surface area contributed by atoms with E-state index in [2.05, 4.69) is 0 Å². The van der Waals surface area contributed by atoms with Gasteiger partial charge in [0.15, 0.2) is 0 Å². The van der Waals surface area contributed by atoms with Crippen molar-refractivity contribution in [2.75, 3.05) is 13.2 Å². The second-order valence-corrected chi connectivity index (χ2v) is 5.53. The molecule has 0 bridgehead atoms. The van der Waals surface area contributed by atoms with Crippen molar-refractivity contribution in [1.29, 1.82) is 0 Å². The lowest BCUT2D eigenvalue weighted by atomic mass is 10.2. The smallest absolute Gasteiger partial charge is 0.0658 e. The zero-order valence-electron chi connectivity index (χ0n) is 7.95. The third-order valence-electron chi connectivity index (χ3n) is 2.95. The van der Waals surface area contributed by atoms with E-state index in [9.17, 15) is 5.11 Å². The minimum absolute atomic E-state index is 0.0344. The van der Waals surface area contributed by atoms with Crippen LogP contribution < -0.4 is 0 Å². The topological polar surface area (TPSA) is 29.5 Å². The molecule has 1 N–H and O–H groups in total. The van der Waals surface area contributed by atoms with Gasteiger partial charge in [0, 0.05) is 23.7 Å². The molecule has 3 heteroatoms. The van der Waals surface area contributed by atoms with Crippen LogP contribution in [0.4, 0.5) is 0 Å². The summed E-state index contributed by atoms with van der Waals surface area (Å²) in [5.74, 6) is 0. The highest BCUT2D eigenvalue weighted by atomic mass is 32.2. The summed E-state index contributed by atoms with van der Waals surface area (Å²) in [4.78, 5) is 0. The Kier molecular flexibility index (Phi) is 3.52. The van der Waals surface area contributed by atoms with Gasteiger partial charge < -0.3 is 9.84 Å². The van der Waals surface area contributed by atoms with Crippen molar-refractivity contribution in [3.63, 3.8) is 0 Å². The van der Waals surface area contributed by atoms with E-state index in [4.69, 9.17) is 4.74 Å². The molecule has 2 nitrogen and oxygen atoms in total. The molecular formula is C10H18O2S. The summed E-state index contributed by atoms with van der Waals surface area (Å²) >= 11 is 2.01. The molecule has 0 aromatic carbocycles. The highest BCUT2D eigenvalue weighted by Crippen LogP contribution is 2.35. The van der Waals surface area contributed by atoms with Crippen LogP contribution in [-0.4, -0.2) is 34.9 Å². The molecule has 1 heterocycles. The molecular weight excluding hydrogens is 184 g/mol. The van der Waals surface area contributed by atoms with Gasteiger partial charge in [-0.2, -0.15) is 11.8 Å². The number of aliphatic hydroxyl groups excluding tert-OH is 1. The summed E-state index contributed by atoms with van der Waals surface area (Å²) in [5.41, 5.74) is 0. The average molecular weight is 202 g/mol. The Labute approximate surface area is 84.0 Å². The number of rotatable bonds is 2. The lowest BCUT2D eigenvalue weighted by molar-refractivity contribution is 0.0996. The second kappa shape index (κ2) is 4.67. The third-order valence-corrected chi connectivity index (χ3v) is 4.71. The van der Waals surface area contributed by atoms with Crippen molar-refractivity contribution in [3.8, 4) is 0 Å². The van der Waals surface area contributed by atoms with Crippen LogP contribution in [0.25, 0.3) is 0 Å². The second-order valence-electron chi connectivity index (χ2n) is 3.98. The van der Waals surface area contributed by atoms with Gasteiger partial charge in [-0.1, -0.05) is 0 Å². The Morgan fingerprint density at radius 2 is 1.85 bits per heavy atom. The molecule has 0 amide bonds. The molecule has 0 unspecified atom stereocenters. The van der Waals surface area contributed by atoms with Crippen molar-refractivity contribution >= 4 is 11.8 Å². The van der Waals surface area contributed by atoms with Gasteiger partial charge in [-0.15, -0.1) is 0 Å². The summed E-state index contributed by atoms with van der Waals surface area (Å²) < 4.78 is 5.32. The van der Waals surface area contributed by atoms with Gasteiger partial charge in [-0.25, -0.2) is 0 Å². The molecule has 1 aliphatic heterocycles. The molecule has 0 aromatic heterocycles. The van der Waals surface area contributed by atoms with Crippen molar-refractivity contribution in [2.45, 2.75) is 48.7 Å². The average Bonchev–Trinajstić information content (AvgIpc) is 2.54. The summed E-state index contributed by atoms with van der Waals surface area (Å²) in [6.07, 6.45) is 5.75. The van der Waals surface area contributed by atoms with Gasteiger partial charge >= 0.3 is 0 Å². The number of thioether (sulfide) groups is 1. The van der Waals surface area contributed by atoms with E-state index < -0.39 is 0 Å². The molecule has 1 saturated heterocycles. The fraction of sp³-hybridized carbons (Fsp3) is 1.00. The maximum Gasteiger partial charge on any atom is 0.0658 e. The summed E-state index contributed by atoms with van der Waals surface area (Å²) in [6.45, 7) is 1.83. The number of hydrogen-bond donors (Lipinski definition) is 1. The first kappa shape index (κ1) is 9.81. The molecule has 0 radical (unpaired) electrons. The SMILES string of the molecule is O[C@@H]1CCC[C@H]1SC1CCOCC1. The molecule has 2 rings (SSSR count). The molecule has 2 aliphatic rings. The predicted molar refractivity (Wildman–Crippen MR) is 55.1 cm³/mol. The fourth-order valence-electron chi connectivity index (χ4n) is 2.12. The van der Waals surface area contributed by atoms with E-state index >= 15 is 0 Å². The van der Waals surface area contributed by atoms with E-state index in [1.54, 1.807) is 0 Å². The molecule has 2 fully saturated rings. The lowest BCUT2D eigenvalue weighted by Crippen LogP contribution is -2.24. The zero-order valence-corrected chi connectivity index (χ0v) is 8.76. The zero-order chi connectivity index (χ0) is 9.10. The number of hydrogen-bond acceptors (Lipinski definition) is 3. The molecule has 1 saturated carbocycles. The van der Waals surface area contributed by atoms with Crippen molar-refractivity contribution < 1.29 is 9.84 Å². The van der Waals surface area contributed by atoms with Crippen molar-refractivity contribution in [3.05, 3.63) is 0 Å². The van der Waals surface area contributed by atoms with E-state index in [1.807, 2.05) is 11.8 Å². The van der Waals surface area contributed by atoms with Gasteiger partial charge in [0.2, 0.25) is 0 Å². The maximum atomic E-state index is 9.67. The van der Waals surface area contributed by atoms with Crippen LogP contribution in [0.2, 0.25) is 0 Å². The first-order valence-corrected chi connectivity index (χ1v) is 6.22. The minimum atomic E-state index is -0.0344. The van der Waals surface area contributed by atoms with Crippen LogP contribution in [0.1, 0.15) is 32.1 Å². The largest absolute Gasteiger partial charge is 0.392 e. The number of aliphatic hydroxyl groups is 1. The van der Waals surface area contributed by atoms with Crippen molar-refractivity contribution in [2.24, 2.45) is 0 Å². The van der Waals surface area contributed by atoms with Gasteiger partial charge in [0.1, 0.15) is 0 Å². The first-order valence-electron chi connectivity index (χ1n) is 5.27. The Balaban J connectivity index is 1.75. The molecule has 0 aromatic rings. The quantitative estimate of drug-likeness (QED) is 0.740. The molecule has 76 valence electrons. The normalized spacial score (nSPS) is 36.7. The first-order chi connectivity index (χ1) is 6.36. The van der Waals surface area contributed by atoms with Crippen LogP contribution in [0.3, 0.4) is 0 Å². The van der Waals surface area contributed by atoms with Gasteiger partial charge in [0.25, 0.3) is 0 Å². The summed E-state index contributed by atoms with van der Waals surface area (Å²) in [5, 5.41) is 10.9. The monoisotopic (exact) mass is 202 g/mol. The van der Waals surface area contributed by atoms with Crippen molar-refractivity contribution in [1.82, 2.24) is 0 Å². The molecule has 13 heavy (non-hydrogen) atoms. The van der Waals surface area contributed by atoms with Crippen LogP contribution in [-0.2, 0) is 4.74 Å². The van der Waals surface area contributed by atoms with Crippen LogP contribution in [0, 0.1) is 0 Å². The Hall–Kier alpha value is 0.270. The predicted octanol–water partition coefficient (Wildman–Crippen LogP) is 1.81. The molecule has 0 spiro atoms. The maximum absolute atomic E-state index is 9.67. The lowest BCUT2D eigenvalue weighted by Gasteiger charge is -2.25. The van der Waals surface area contributed by atoms with E-state index in [0.717, 1.165) is 24.9 Å². The molecule has 2 atom stereocenters. The third kappa shape index (κ3) is 2.61. The summed E-state index contributed by atoms with van der Waals surface area (Å²) in [7, 11) is 0. The Morgan fingerprint density at radius 3 is 2.46 bits per heavy atom. The van der Waals surface area contributed by atoms with E-state index in [-0.39, 0.29) is 6.10 Å². The van der Waals surface area contributed by atoms with Gasteiger partial charge in [-0.05, 0) is 32.1 Å². The van der Waals surface area contributed by atoms with E-state index in [1.165, 1.54) is 25.7 Å². The molecule has 1 aliphatic carbocycles. The van der Waals surface area contributed by atoms with E-state index in [0.29, 0.717) is 5.25 Å². The fourth-order valence-corrected chi connectivity index (χ4v) is 3.70. The summed E-state index contributed by atoms with van der Waals surface area (Å²) in [6, 6.07) is 0. The van der Waals surface area contributed by atoms with Gasteiger partial charge in [0.05, 0.1) is 6.10 Å². The standard InChI is InChI=1S/C10H18O2S/c11-9-2-1-3-10(9)13-8-4-6-12-7-5-8/h8-11H,1-7H2/t9-,10-/m1/s1.